The summed E-state index contributed by atoms with van der Waals surface area (Å²) in [4.78, 5) is 12.0. The lowest BCUT2D eigenvalue weighted by atomic mass is 9.79. The fraction of sp³-hybridized carbons (Fsp3) is 0.923. The Morgan fingerprint density at radius 3 is 2.71 bits per heavy atom. The second-order valence-corrected chi connectivity index (χ2v) is 5.40. The average Bonchev–Trinajstić information content (AvgIpc) is 2.83. The number of nitrogens with one attached hydrogen (secondary N) is 2. The molecule has 4 nitrogen and oxygen atoms in total. The highest BCUT2D eigenvalue weighted by Crippen LogP contribution is 2.30. The van der Waals surface area contributed by atoms with E-state index in [0.29, 0.717) is 13.0 Å². The summed E-state index contributed by atoms with van der Waals surface area (Å²) < 4.78 is 5.27. The second-order valence-electron chi connectivity index (χ2n) is 5.40. The topological polar surface area (TPSA) is 50.4 Å². The van der Waals surface area contributed by atoms with Gasteiger partial charge in [0.1, 0.15) is 0 Å². The fourth-order valence-corrected chi connectivity index (χ4v) is 2.98. The van der Waals surface area contributed by atoms with E-state index in [1.165, 1.54) is 19.3 Å². The second kappa shape index (κ2) is 5.83. The van der Waals surface area contributed by atoms with E-state index in [4.69, 9.17) is 4.74 Å². The van der Waals surface area contributed by atoms with Crippen molar-refractivity contribution in [1.29, 1.82) is 0 Å². The van der Waals surface area contributed by atoms with Crippen LogP contribution >= 0.6 is 0 Å². The van der Waals surface area contributed by atoms with Gasteiger partial charge in [0.2, 0.25) is 5.91 Å². The third-order valence-corrected chi connectivity index (χ3v) is 4.13. The summed E-state index contributed by atoms with van der Waals surface area (Å²) in [6.07, 6.45) is 7.59. The minimum Gasteiger partial charge on any atom is -0.379 e. The molecule has 2 N–H and O–H groups in total. The minimum absolute atomic E-state index is 0.0434. The molecule has 1 aliphatic carbocycles. The van der Waals surface area contributed by atoms with Crippen molar-refractivity contribution in [3.8, 4) is 0 Å². The molecule has 1 saturated heterocycles. The Labute approximate surface area is 103 Å². The van der Waals surface area contributed by atoms with Gasteiger partial charge in [-0.2, -0.15) is 0 Å². The van der Waals surface area contributed by atoms with Gasteiger partial charge in [0, 0.05) is 18.6 Å². The molecular weight excluding hydrogens is 216 g/mol. The lowest BCUT2D eigenvalue weighted by molar-refractivity contribution is -0.123. The van der Waals surface area contributed by atoms with E-state index in [-0.39, 0.29) is 17.5 Å². The molecule has 2 fully saturated rings. The number of hydrogen-bond acceptors (Lipinski definition) is 3. The molecule has 0 bridgehead atoms. The van der Waals surface area contributed by atoms with Gasteiger partial charge in [-0.3, -0.25) is 4.79 Å². The van der Waals surface area contributed by atoms with Crippen LogP contribution in [0, 0.1) is 0 Å². The van der Waals surface area contributed by atoms with Gasteiger partial charge in [-0.05, 0) is 26.3 Å². The summed E-state index contributed by atoms with van der Waals surface area (Å²) in [6, 6.07) is 0.236. The van der Waals surface area contributed by atoms with Crippen molar-refractivity contribution in [1.82, 2.24) is 10.6 Å². The number of carbonyl (C=O) groups excluding carboxylic acids is 1. The predicted octanol–water partition coefficient (Wildman–Crippen LogP) is 1.20. The van der Waals surface area contributed by atoms with Crippen LogP contribution in [0.4, 0.5) is 0 Å². The summed E-state index contributed by atoms with van der Waals surface area (Å²) in [6.45, 7) is 1.46. The number of amides is 1. The fourth-order valence-electron chi connectivity index (χ4n) is 2.98. The third-order valence-electron chi connectivity index (χ3n) is 4.13. The zero-order valence-electron chi connectivity index (χ0n) is 10.8. The SMILES string of the molecule is CNC1(CC(=O)NC2CCOC2)CCCCC1. The Hall–Kier alpha value is -0.610. The van der Waals surface area contributed by atoms with Crippen molar-refractivity contribution >= 4 is 5.91 Å². The van der Waals surface area contributed by atoms with E-state index in [1.807, 2.05) is 7.05 Å². The van der Waals surface area contributed by atoms with Crippen molar-refractivity contribution in [2.24, 2.45) is 0 Å². The number of ether oxygens (including phenoxy) is 1. The maximum atomic E-state index is 12.0. The van der Waals surface area contributed by atoms with Crippen LogP contribution in [0.5, 0.6) is 0 Å². The van der Waals surface area contributed by atoms with Crippen molar-refractivity contribution in [2.75, 3.05) is 20.3 Å². The normalized spacial score (nSPS) is 27.9. The number of hydrogen-bond donors (Lipinski definition) is 2. The minimum atomic E-state index is 0.0434. The summed E-state index contributed by atoms with van der Waals surface area (Å²) >= 11 is 0. The van der Waals surface area contributed by atoms with E-state index in [2.05, 4.69) is 10.6 Å². The zero-order valence-corrected chi connectivity index (χ0v) is 10.8. The van der Waals surface area contributed by atoms with Gasteiger partial charge < -0.3 is 15.4 Å². The first kappa shape index (κ1) is 12.8. The molecule has 1 saturated carbocycles. The Balaban J connectivity index is 1.82. The third kappa shape index (κ3) is 3.42. The van der Waals surface area contributed by atoms with Crippen LogP contribution in [-0.2, 0) is 9.53 Å². The van der Waals surface area contributed by atoms with Crippen LogP contribution in [0.2, 0.25) is 0 Å². The molecule has 4 heteroatoms. The molecule has 2 rings (SSSR count). The van der Waals surface area contributed by atoms with Gasteiger partial charge in [0.15, 0.2) is 0 Å². The van der Waals surface area contributed by atoms with E-state index in [9.17, 15) is 4.79 Å². The van der Waals surface area contributed by atoms with Gasteiger partial charge in [-0.25, -0.2) is 0 Å². The highest BCUT2D eigenvalue weighted by molar-refractivity contribution is 5.77. The van der Waals surface area contributed by atoms with E-state index in [0.717, 1.165) is 25.9 Å². The van der Waals surface area contributed by atoms with Gasteiger partial charge in [-0.15, -0.1) is 0 Å². The molecule has 1 atom stereocenters. The molecule has 0 aromatic carbocycles. The number of rotatable bonds is 4. The maximum absolute atomic E-state index is 12.0. The largest absolute Gasteiger partial charge is 0.379 e. The Morgan fingerprint density at radius 2 is 2.12 bits per heavy atom. The Morgan fingerprint density at radius 1 is 1.35 bits per heavy atom. The predicted molar refractivity (Wildman–Crippen MR) is 66.9 cm³/mol. The number of carbonyl (C=O) groups is 1. The van der Waals surface area contributed by atoms with Crippen LogP contribution in [0.3, 0.4) is 0 Å². The van der Waals surface area contributed by atoms with Crippen LogP contribution in [0.1, 0.15) is 44.9 Å². The molecule has 2 aliphatic rings. The molecular formula is C13H24N2O2. The molecule has 17 heavy (non-hydrogen) atoms. The lowest BCUT2D eigenvalue weighted by Crippen LogP contribution is -2.49. The average molecular weight is 240 g/mol. The zero-order chi connectivity index (χ0) is 12.1. The first-order valence-corrected chi connectivity index (χ1v) is 6.80. The van der Waals surface area contributed by atoms with Gasteiger partial charge in [-0.1, -0.05) is 19.3 Å². The standard InChI is InChI=1S/C13H24N2O2/c1-14-13(6-3-2-4-7-13)9-12(16)15-11-5-8-17-10-11/h11,14H,2-10H2,1H3,(H,15,16). The summed E-state index contributed by atoms with van der Waals surface area (Å²) in [5.41, 5.74) is 0.0434. The molecule has 0 spiro atoms. The molecule has 0 aromatic rings. The quantitative estimate of drug-likeness (QED) is 0.776. The summed E-state index contributed by atoms with van der Waals surface area (Å²) in [7, 11) is 1.98. The van der Waals surface area contributed by atoms with E-state index >= 15 is 0 Å². The monoisotopic (exact) mass is 240 g/mol. The van der Waals surface area contributed by atoms with Gasteiger partial charge in [0.25, 0.3) is 0 Å². The molecule has 0 aromatic heterocycles. The van der Waals surface area contributed by atoms with E-state index in [1.54, 1.807) is 0 Å². The molecule has 1 heterocycles. The van der Waals surface area contributed by atoms with Crippen LogP contribution in [0.15, 0.2) is 0 Å². The Bertz CT molecular complexity index is 256. The summed E-state index contributed by atoms with van der Waals surface area (Å²) in [5, 5.41) is 6.46. The lowest BCUT2D eigenvalue weighted by Gasteiger charge is -2.36. The Kier molecular flexibility index (Phi) is 4.40. The van der Waals surface area contributed by atoms with Crippen molar-refractivity contribution in [3.63, 3.8) is 0 Å². The highest BCUT2D eigenvalue weighted by Gasteiger charge is 2.33. The van der Waals surface area contributed by atoms with Gasteiger partial charge in [0.05, 0.1) is 12.6 Å². The molecule has 98 valence electrons. The maximum Gasteiger partial charge on any atom is 0.222 e. The first-order valence-electron chi connectivity index (χ1n) is 6.80. The van der Waals surface area contributed by atoms with Crippen molar-refractivity contribution < 1.29 is 9.53 Å². The molecule has 1 amide bonds. The van der Waals surface area contributed by atoms with Crippen molar-refractivity contribution in [3.05, 3.63) is 0 Å². The van der Waals surface area contributed by atoms with Crippen LogP contribution in [0.25, 0.3) is 0 Å². The van der Waals surface area contributed by atoms with Crippen molar-refractivity contribution in [2.45, 2.75) is 56.5 Å². The first-order chi connectivity index (χ1) is 8.24. The van der Waals surface area contributed by atoms with Crippen LogP contribution < -0.4 is 10.6 Å². The highest BCUT2D eigenvalue weighted by atomic mass is 16.5. The summed E-state index contributed by atoms with van der Waals surface area (Å²) in [5.74, 6) is 0.178. The van der Waals surface area contributed by atoms with Crippen LogP contribution in [-0.4, -0.2) is 37.7 Å². The molecule has 1 aliphatic heterocycles. The van der Waals surface area contributed by atoms with E-state index < -0.39 is 0 Å². The van der Waals surface area contributed by atoms with Gasteiger partial charge >= 0.3 is 0 Å². The molecule has 0 radical (unpaired) electrons. The smallest absolute Gasteiger partial charge is 0.222 e. The molecule has 1 unspecified atom stereocenters.